The van der Waals surface area contributed by atoms with E-state index in [0.29, 0.717) is 34.9 Å². The maximum Gasteiger partial charge on any atom is 0.259 e. The Balaban J connectivity index is 1.53. The van der Waals surface area contributed by atoms with E-state index in [0.717, 1.165) is 19.4 Å². The van der Waals surface area contributed by atoms with Crippen molar-refractivity contribution >= 4 is 23.2 Å². The number of nitrogens with one attached hydrogen (secondary N) is 1. The van der Waals surface area contributed by atoms with Gasteiger partial charge in [-0.1, -0.05) is 11.6 Å². The summed E-state index contributed by atoms with van der Waals surface area (Å²) in [4.78, 5) is 20.0. The van der Waals surface area contributed by atoms with Crippen molar-refractivity contribution in [3.63, 3.8) is 0 Å². The van der Waals surface area contributed by atoms with Crippen LogP contribution in [-0.4, -0.2) is 57.2 Å². The van der Waals surface area contributed by atoms with Gasteiger partial charge in [-0.25, -0.2) is 8.91 Å². The lowest BCUT2D eigenvalue weighted by atomic mass is 9.96. The number of carbonyl (C=O) groups excluding carboxylic acids is 1. The normalized spacial score (nSPS) is 24.8. The Morgan fingerprint density at radius 2 is 2.23 bits per heavy atom. The average molecular weight is 444 g/mol. The lowest BCUT2D eigenvalue weighted by Crippen LogP contribution is -2.53. The minimum Gasteiger partial charge on any atom is -0.491 e. The van der Waals surface area contributed by atoms with Gasteiger partial charge in [-0.3, -0.25) is 4.79 Å². The number of amides is 1. The number of ether oxygens (including phenoxy) is 2. The topological polar surface area (TPSA) is 81.0 Å². The van der Waals surface area contributed by atoms with Crippen LogP contribution in [0, 0.1) is 5.82 Å². The highest BCUT2D eigenvalue weighted by Crippen LogP contribution is 2.43. The standard InChI is InChI=1S/C21H19ClFN5O3/c22-18-13(23)3-4-15-17(18)19-14(10-30-15)27(9-11-2-1-6-24-11)21(29)12-8-25-28-7-5-16(31-19)26-20(12)28/h3-5,7-8,11,14,19,24H,1-2,6,9-10H2/t11?,14?,19-/m1/s1. The molecule has 1 fully saturated rings. The Kier molecular flexibility index (Phi) is 4.29. The minimum atomic E-state index is -0.732. The van der Waals surface area contributed by atoms with Gasteiger partial charge in [-0.15, -0.1) is 0 Å². The molecule has 0 aliphatic carbocycles. The van der Waals surface area contributed by atoms with Gasteiger partial charge in [-0.2, -0.15) is 10.1 Å². The molecule has 2 bridgehead atoms. The van der Waals surface area contributed by atoms with E-state index in [1.165, 1.54) is 16.8 Å². The Morgan fingerprint density at radius 1 is 1.32 bits per heavy atom. The summed E-state index contributed by atoms with van der Waals surface area (Å²) < 4.78 is 28.1. The number of halogens is 2. The molecule has 0 radical (unpaired) electrons. The van der Waals surface area contributed by atoms with Crippen LogP contribution in [0.3, 0.4) is 0 Å². The zero-order valence-electron chi connectivity index (χ0n) is 16.4. The summed E-state index contributed by atoms with van der Waals surface area (Å²) >= 11 is 6.37. The fraction of sp³-hybridized carbons (Fsp3) is 0.381. The molecule has 160 valence electrons. The SMILES string of the molecule is O=C1c2cnn3ccc(nc23)O[C@H]2c3c(ccc(F)c3Cl)OCC2N1CC1CCCN1. The number of fused-ring (bicyclic) bond motifs is 4. The molecule has 5 heterocycles. The molecule has 3 atom stereocenters. The highest BCUT2D eigenvalue weighted by atomic mass is 35.5. The van der Waals surface area contributed by atoms with Crippen LogP contribution < -0.4 is 14.8 Å². The maximum absolute atomic E-state index is 14.4. The lowest BCUT2D eigenvalue weighted by molar-refractivity contribution is 0.0128. The predicted octanol–water partition coefficient (Wildman–Crippen LogP) is 2.61. The molecule has 3 aromatic rings. The van der Waals surface area contributed by atoms with Crippen molar-refractivity contribution in [1.82, 2.24) is 24.8 Å². The van der Waals surface area contributed by atoms with E-state index in [2.05, 4.69) is 15.4 Å². The molecule has 1 aromatic carbocycles. The molecule has 10 heteroatoms. The maximum atomic E-state index is 14.4. The van der Waals surface area contributed by atoms with Crippen molar-refractivity contribution in [3.8, 4) is 11.6 Å². The van der Waals surface area contributed by atoms with E-state index < -0.39 is 18.0 Å². The van der Waals surface area contributed by atoms with Gasteiger partial charge < -0.3 is 19.7 Å². The molecule has 6 rings (SSSR count). The van der Waals surface area contributed by atoms with Crippen LogP contribution in [0.1, 0.15) is 34.9 Å². The molecule has 8 nitrogen and oxygen atoms in total. The first kappa shape index (κ1) is 18.8. The zero-order chi connectivity index (χ0) is 21.1. The summed E-state index contributed by atoms with van der Waals surface area (Å²) in [6.07, 6.45) is 4.49. The monoisotopic (exact) mass is 443 g/mol. The zero-order valence-corrected chi connectivity index (χ0v) is 17.2. The second kappa shape index (κ2) is 7.06. The number of carbonyl (C=O) groups is 1. The number of hydrogen-bond donors (Lipinski definition) is 1. The van der Waals surface area contributed by atoms with E-state index in [1.54, 1.807) is 23.2 Å². The van der Waals surface area contributed by atoms with Crippen LogP contribution in [0.15, 0.2) is 30.6 Å². The highest BCUT2D eigenvalue weighted by molar-refractivity contribution is 6.31. The molecule has 1 saturated heterocycles. The summed E-state index contributed by atoms with van der Waals surface area (Å²) in [5.41, 5.74) is 1.20. The van der Waals surface area contributed by atoms with E-state index in [9.17, 15) is 9.18 Å². The van der Waals surface area contributed by atoms with Crippen LogP contribution >= 0.6 is 11.6 Å². The first-order valence-corrected chi connectivity index (χ1v) is 10.6. The third kappa shape index (κ3) is 2.95. The van der Waals surface area contributed by atoms with Gasteiger partial charge in [0.1, 0.15) is 29.8 Å². The van der Waals surface area contributed by atoms with E-state index in [4.69, 9.17) is 21.1 Å². The molecular weight excluding hydrogens is 425 g/mol. The highest BCUT2D eigenvalue weighted by Gasteiger charge is 2.43. The molecule has 0 spiro atoms. The second-order valence-corrected chi connectivity index (χ2v) is 8.41. The molecule has 3 aliphatic heterocycles. The van der Waals surface area contributed by atoms with E-state index >= 15 is 0 Å². The van der Waals surface area contributed by atoms with Crippen LogP contribution in [0.5, 0.6) is 11.6 Å². The van der Waals surface area contributed by atoms with Crippen molar-refractivity contribution in [3.05, 3.63) is 52.6 Å². The minimum absolute atomic E-state index is 0.0677. The van der Waals surface area contributed by atoms with Gasteiger partial charge >= 0.3 is 0 Å². The van der Waals surface area contributed by atoms with Crippen molar-refractivity contribution < 1.29 is 18.7 Å². The third-order valence-electron chi connectivity index (χ3n) is 6.20. The fourth-order valence-corrected chi connectivity index (χ4v) is 4.92. The average Bonchev–Trinajstić information content (AvgIpc) is 3.44. The van der Waals surface area contributed by atoms with Crippen molar-refractivity contribution in [2.75, 3.05) is 19.7 Å². The van der Waals surface area contributed by atoms with E-state index in [1.807, 2.05) is 0 Å². The summed E-state index contributed by atoms with van der Waals surface area (Å²) in [5, 5.41) is 7.62. The van der Waals surface area contributed by atoms with Crippen LogP contribution in [-0.2, 0) is 0 Å². The van der Waals surface area contributed by atoms with E-state index in [-0.39, 0.29) is 23.6 Å². The smallest absolute Gasteiger partial charge is 0.259 e. The molecule has 3 aliphatic rings. The van der Waals surface area contributed by atoms with Gasteiger partial charge in [0.15, 0.2) is 11.8 Å². The van der Waals surface area contributed by atoms with Crippen molar-refractivity contribution in [1.29, 1.82) is 0 Å². The van der Waals surface area contributed by atoms with Crippen molar-refractivity contribution in [2.45, 2.75) is 31.0 Å². The Labute approximate surface area is 181 Å². The van der Waals surface area contributed by atoms with Crippen molar-refractivity contribution in [2.24, 2.45) is 0 Å². The third-order valence-corrected chi connectivity index (χ3v) is 6.58. The molecule has 1 amide bonds. The van der Waals surface area contributed by atoms with Gasteiger partial charge in [0.2, 0.25) is 5.88 Å². The Hall–Kier alpha value is -2.91. The molecule has 0 saturated carbocycles. The van der Waals surface area contributed by atoms with Crippen LogP contribution in [0.2, 0.25) is 5.02 Å². The predicted molar refractivity (Wildman–Crippen MR) is 109 cm³/mol. The first-order chi connectivity index (χ1) is 15.1. The molecular formula is C21H19ClFN5O3. The number of benzene rings is 1. The largest absolute Gasteiger partial charge is 0.491 e. The van der Waals surface area contributed by atoms with Gasteiger partial charge in [0, 0.05) is 24.8 Å². The molecule has 31 heavy (non-hydrogen) atoms. The summed E-state index contributed by atoms with van der Waals surface area (Å²) in [6.45, 7) is 1.56. The molecule has 2 aromatic heterocycles. The van der Waals surface area contributed by atoms with Crippen LogP contribution in [0.4, 0.5) is 4.39 Å². The number of nitrogens with zero attached hydrogens (tertiary/aromatic N) is 4. The van der Waals surface area contributed by atoms with Crippen LogP contribution in [0.25, 0.3) is 5.65 Å². The number of rotatable bonds is 2. The summed E-state index contributed by atoms with van der Waals surface area (Å²) in [7, 11) is 0. The summed E-state index contributed by atoms with van der Waals surface area (Å²) in [5.74, 6) is -0.0228. The lowest BCUT2D eigenvalue weighted by Gasteiger charge is -2.41. The summed E-state index contributed by atoms with van der Waals surface area (Å²) in [6, 6.07) is 4.11. The van der Waals surface area contributed by atoms with Gasteiger partial charge in [0.25, 0.3) is 5.91 Å². The Morgan fingerprint density at radius 3 is 3.06 bits per heavy atom. The molecule has 1 N–H and O–H groups in total. The number of hydrogen-bond acceptors (Lipinski definition) is 6. The number of aromatic nitrogens is 3. The van der Waals surface area contributed by atoms with Gasteiger partial charge in [-0.05, 0) is 31.5 Å². The fourth-order valence-electron chi connectivity index (χ4n) is 4.66. The Bertz CT molecular complexity index is 1200. The first-order valence-electron chi connectivity index (χ1n) is 10.3. The van der Waals surface area contributed by atoms with Gasteiger partial charge in [0.05, 0.1) is 16.8 Å². The second-order valence-electron chi connectivity index (χ2n) is 8.03. The quantitative estimate of drug-likeness (QED) is 0.655. The molecule has 2 unspecified atom stereocenters.